The lowest BCUT2D eigenvalue weighted by Crippen LogP contribution is -2.24. The van der Waals surface area contributed by atoms with Crippen LogP contribution < -0.4 is 4.72 Å². The van der Waals surface area contributed by atoms with E-state index in [0.29, 0.717) is 4.47 Å². The van der Waals surface area contributed by atoms with Crippen molar-refractivity contribution >= 4 is 26.0 Å². The first-order valence-corrected chi connectivity index (χ1v) is 8.00. The Morgan fingerprint density at radius 3 is 2.86 bits per heavy atom. The Hall–Kier alpha value is -1.82. The molecule has 0 bridgehead atoms. The van der Waals surface area contributed by atoms with Crippen molar-refractivity contribution in [2.45, 2.75) is 11.4 Å². The Kier molecular flexibility index (Phi) is 4.67. The summed E-state index contributed by atoms with van der Waals surface area (Å²) in [6.07, 6.45) is 1.32. The molecule has 0 amide bonds. The third kappa shape index (κ3) is 3.64. The van der Waals surface area contributed by atoms with Crippen molar-refractivity contribution in [3.8, 4) is 6.07 Å². The van der Waals surface area contributed by atoms with Gasteiger partial charge in [0.25, 0.3) is 0 Å². The van der Waals surface area contributed by atoms with E-state index in [0.717, 1.165) is 0 Å². The van der Waals surface area contributed by atoms with Gasteiger partial charge in [0, 0.05) is 22.8 Å². The highest BCUT2D eigenvalue weighted by Crippen LogP contribution is 2.17. The van der Waals surface area contributed by atoms with Gasteiger partial charge in [0.15, 0.2) is 5.69 Å². The molecule has 2 aromatic rings. The Labute approximate surface area is 129 Å². The minimum Gasteiger partial charge on any atom is -0.244 e. The molecule has 8 heteroatoms. The zero-order chi connectivity index (χ0) is 15.5. The van der Waals surface area contributed by atoms with Crippen LogP contribution in [-0.4, -0.2) is 13.4 Å². The molecule has 1 N–H and O–H groups in total. The van der Waals surface area contributed by atoms with E-state index in [1.165, 1.54) is 36.5 Å². The Morgan fingerprint density at radius 2 is 2.14 bits per heavy atom. The van der Waals surface area contributed by atoms with Crippen molar-refractivity contribution in [1.82, 2.24) is 9.71 Å². The van der Waals surface area contributed by atoms with Gasteiger partial charge >= 0.3 is 0 Å². The van der Waals surface area contributed by atoms with Crippen LogP contribution in [0.3, 0.4) is 0 Å². The molecule has 0 unspecified atom stereocenters. The van der Waals surface area contributed by atoms with Crippen molar-refractivity contribution in [2.75, 3.05) is 0 Å². The molecule has 0 aliphatic rings. The van der Waals surface area contributed by atoms with Gasteiger partial charge in [0.2, 0.25) is 10.0 Å². The van der Waals surface area contributed by atoms with Crippen LogP contribution in [0, 0.1) is 17.1 Å². The average molecular weight is 370 g/mol. The van der Waals surface area contributed by atoms with Crippen molar-refractivity contribution in [3.05, 3.63) is 58.1 Å². The Morgan fingerprint density at radius 1 is 1.38 bits per heavy atom. The standard InChI is InChI=1S/C13H9BrFN3O2S/c14-10-3-4-11(15)9(6-10)8-18-21(19,20)13-2-1-5-17-12(13)7-16/h1-6,18H,8H2. The molecule has 21 heavy (non-hydrogen) atoms. The third-order valence-corrected chi connectivity index (χ3v) is 4.55. The van der Waals surface area contributed by atoms with Crippen LogP contribution in [0.5, 0.6) is 0 Å². The second kappa shape index (κ2) is 6.30. The largest absolute Gasteiger partial charge is 0.244 e. The highest BCUT2D eigenvalue weighted by molar-refractivity contribution is 9.10. The van der Waals surface area contributed by atoms with Gasteiger partial charge in [-0.3, -0.25) is 0 Å². The monoisotopic (exact) mass is 369 g/mol. The van der Waals surface area contributed by atoms with Gasteiger partial charge in [-0.1, -0.05) is 15.9 Å². The molecule has 0 fully saturated rings. The number of hydrogen-bond acceptors (Lipinski definition) is 4. The highest BCUT2D eigenvalue weighted by atomic mass is 79.9. The van der Waals surface area contributed by atoms with E-state index in [2.05, 4.69) is 25.6 Å². The average Bonchev–Trinajstić information content (AvgIpc) is 2.48. The van der Waals surface area contributed by atoms with Gasteiger partial charge in [0.05, 0.1) is 0 Å². The molecule has 2 rings (SSSR count). The van der Waals surface area contributed by atoms with Crippen LogP contribution >= 0.6 is 15.9 Å². The molecule has 0 saturated heterocycles. The number of nitrogens with zero attached hydrogens (tertiary/aromatic N) is 2. The zero-order valence-corrected chi connectivity index (χ0v) is 12.9. The Balaban J connectivity index is 2.27. The fourth-order valence-electron chi connectivity index (χ4n) is 1.62. The van der Waals surface area contributed by atoms with Crippen molar-refractivity contribution in [2.24, 2.45) is 0 Å². The molecule has 1 aromatic carbocycles. The maximum absolute atomic E-state index is 13.6. The molecule has 1 heterocycles. The van der Waals surface area contributed by atoms with Gasteiger partial charge in [-0.15, -0.1) is 0 Å². The summed E-state index contributed by atoms with van der Waals surface area (Å²) in [5, 5.41) is 8.88. The number of nitrogens with one attached hydrogen (secondary N) is 1. The van der Waals surface area contributed by atoms with Crippen LogP contribution in [0.1, 0.15) is 11.3 Å². The number of aromatic nitrogens is 1. The van der Waals surface area contributed by atoms with Crippen LogP contribution in [0.25, 0.3) is 0 Å². The minimum atomic E-state index is -3.95. The molecule has 0 aliphatic carbocycles. The van der Waals surface area contributed by atoms with Gasteiger partial charge in [0.1, 0.15) is 16.8 Å². The highest BCUT2D eigenvalue weighted by Gasteiger charge is 2.19. The van der Waals surface area contributed by atoms with Gasteiger partial charge in [-0.05, 0) is 30.3 Å². The molecule has 5 nitrogen and oxygen atoms in total. The first-order chi connectivity index (χ1) is 9.94. The molecule has 0 aliphatic heterocycles. The predicted molar refractivity (Wildman–Crippen MR) is 77.1 cm³/mol. The van der Waals surface area contributed by atoms with Crippen LogP contribution in [0.2, 0.25) is 0 Å². The lowest BCUT2D eigenvalue weighted by molar-refractivity contribution is 0.573. The van der Waals surface area contributed by atoms with Crippen LogP contribution in [0.15, 0.2) is 45.9 Å². The van der Waals surface area contributed by atoms with Crippen molar-refractivity contribution in [1.29, 1.82) is 5.26 Å². The molecule has 0 saturated carbocycles. The normalized spacial score (nSPS) is 11.1. The summed E-state index contributed by atoms with van der Waals surface area (Å²) in [6, 6.07) is 8.62. The van der Waals surface area contributed by atoms with E-state index in [4.69, 9.17) is 5.26 Å². The first kappa shape index (κ1) is 15.6. The number of benzene rings is 1. The van der Waals surface area contributed by atoms with Crippen molar-refractivity contribution < 1.29 is 12.8 Å². The van der Waals surface area contributed by atoms with E-state index in [9.17, 15) is 12.8 Å². The second-order valence-corrected chi connectivity index (χ2v) is 6.67. The maximum Gasteiger partial charge on any atom is 0.243 e. The minimum absolute atomic E-state index is 0.190. The predicted octanol–water partition coefficient (Wildman–Crippen LogP) is 2.33. The fourth-order valence-corrected chi connectivity index (χ4v) is 3.14. The number of sulfonamides is 1. The molecule has 108 valence electrons. The third-order valence-electron chi connectivity index (χ3n) is 2.63. The van der Waals surface area contributed by atoms with Gasteiger partial charge < -0.3 is 0 Å². The summed E-state index contributed by atoms with van der Waals surface area (Å²) in [6.45, 7) is -0.229. The van der Waals surface area contributed by atoms with E-state index in [-0.39, 0.29) is 22.7 Å². The molecular formula is C13H9BrFN3O2S. The molecule has 1 aromatic heterocycles. The number of pyridine rings is 1. The van der Waals surface area contributed by atoms with Gasteiger partial charge in [-0.2, -0.15) is 5.26 Å². The summed E-state index contributed by atoms with van der Waals surface area (Å²) in [5.41, 5.74) is -0.0185. The van der Waals surface area contributed by atoms with E-state index >= 15 is 0 Å². The van der Waals surface area contributed by atoms with Crippen LogP contribution in [-0.2, 0) is 16.6 Å². The smallest absolute Gasteiger partial charge is 0.243 e. The lowest BCUT2D eigenvalue weighted by Gasteiger charge is -2.08. The summed E-state index contributed by atoms with van der Waals surface area (Å²) in [7, 11) is -3.95. The maximum atomic E-state index is 13.6. The number of hydrogen-bond donors (Lipinski definition) is 1. The first-order valence-electron chi connectivity index (χ1n) is 5.73. The molecule has 0 spiro atoms. The molecule has 0 radical (unpaired) electrons. The molecular weight excluding hydrogens is 361 g/mol. The lowest BCUT2D eigenvalue weighted by atomic mass is 10.2. The SMILES string of the molecule is N#Cc1ncccc1S(=O)(=O)NCc1cc(Br)ccc1F. The Bertz CT molecular complexity index is 818. The topological polar surface area (TPSA) is 82.8 Å². The van der Waals surface area contributed by atoms with Crippen LogP contribution in [0.4, 0.5) is 4.39 Å². The zero-order valence-electron chi connectivity index (χ0n) is 10.5. The summed E-state index contributed by atoms with van der Waals surface area (Å²) in [4.78, 5) is 3.45. The summed E-state index contributed by atoms with van der Waals surface area (Å²) in [5.74, 6) is -0.521. The van der Waals surface area contributed by atoms with Gasteiger partial charge in [-0.25, -0.2) is 22.5 Å². The fraction of sp³-hybridized carbons (Fsp3) is 0.0769. The second-order valence-electron chi connectivity index (χ2n) is 4.02. The summed E-state index contributed by atoms with van der Waals surface area (Å²) >= 11 is 3.19. The molecule has 0 atom stereocenters. The quantitative estimate of drug-likeness (QED) is 0.896. The number of halogens is 2. The van der Waals surface area contributed by atoms with Crippen molar-refractivity contribution in [3.63, 3.8) is 0 Å². The number of rotatable bonds is 4. The number of nitriles is 1. The van der Waals surface area contributed by atoms with E-state index in [1.807, 2.05) is 0 Å². The summed E-state index contributed by atoms with van der Waals surface area (Å²) < 4.78 is 40.8. The van der Waals surface area contributed by atoms with E-state index < -0.39 is 15.8 Å². The van der Waals surface area contributed by atoms with E-state index in [1.54, 1.807) is 6.07 Å².